The van der Waals surface area contributed by atoms with Crippen molar-refractivity contribution in [3.05, 3.63) is 39.8 Å². The minimum Gasteiger partial charge on any atom is -0.487 e. The van der Waals surface area contributed by atoms with E-state index in [-0.39, 0.29) is 0 Å². The first-order chi connectivity index (χ1) is 10.9. The first kappa shape index (κ1) is 17.1. The molecule has 0 radical (unpaired) electrons. The van der Waals surface area contributed by atoms with E-state index in [0.717, 1.165) is 16.3 Å². The van der Waals surface area contributed by atoms with Gasteiger partial charge in [0.2, 0.25) is 0 Å². The number of benzene rings is 1. The molecule has 0 aliphatic heterocycles. The Bertz CT molecular complexity index is 676. The Hall–Kier alpha value is -2.22. The normalized spacial score (nSPS) is 10.7. The van der Waals surface area contributed by atoms with Gasteiger partial charge < -0.3 is 15.4 Å². The molecule has 8 heteroatoms. The highest BCUT2D eigenvalue weighted by atomic mass is 32.1. The third-order valence-corrected chi connectivity index (χ3v) is 3.73. The van der Waals surface area contributed by atoms with Crippen molar-refractivity contribution >= 4 is 23.1 Å². The monoisotopic (exact) mass is 341 g/mol. The zero-order chi connectivity index (χ0) is 16.8. The highest BCUT2D eigenvalue weighted by molar-refractivity contribution is 7.09. The fourth-order valence-corrected chi connectivity index (χ4v) is 2.43. The quantitative estimate of drug-likeness (QED) is 0.841. The van der Waals surface area contributed by atoms with Gasteiger partial charge in [-0.3, -0.25) is 0 Å². The lowest BCUT2D eigenvalue weighted by Gasteiger charge is -2.12. The van der Waals surface area contributed by atoms with Crippen molar-refractivity contribution in [3.63, 3.8) is 0 Å². The third kappa shape index (κ3) is 5.48. The van der Waals surface area contributed by atoms with Crippen LogP contribution in [0.3, 0.4) is 0 Å². The molecule has 0 saturated heterocycles. The van der Waals surface area contributed by atoms with E-state index in [2.05, 4.69) is 15.6 Å². The van der Waals surface area contributed by atoms with Gasteiger partial charge >= 0.3 is 6.03 Å². The summed E-state index contributed by atoms with van der Waals surface area (Å²) in [6.07, 6.45) is -2.55. The highest BCUT2D eigenvalue weighted by Gasteiger charge is 2.09. The summed E-state index contributed by atoms with van der Waals surface area (Å²) in [6, 6.07) is 4.49. The number of nitrogens with one attached hydrogen (secondary N) is 2. The van der Waals surface area contributed by atoms with Gasteiger partial charge in [-0.1, -0.05) is 6.07 Å². The molecule has 23 heavy (non-hydrogen) atoms. The summed E-state index contributed by atoms with van der Waals surface area (Å²) >= 11 is 1.51. The molecule has 0 saturated carbocycles. The standard InChI is InChI=1S/C15H17F2N3O2S/c1-9-3-4-11(5-13(9)22-7-14(16)17)20-15(21)18-6-12-8-23-10(2)19-12/h3-5,8,14H,6-7H2,1-2H3,(H2,18,20,21). The van der Waals surface area contributed by atoms with Crippen molar-refractivity contribution in [3.8, 4) is 5.75 Å². The van der Waals surface area contributed by atoms with Crippen molar-refractivity contribution < 1.29 is 18.3 Å². The van der Waals surface area contributed by atoms with Crippen molar-refractivity contribution in [2.45, 2.75) is 26.8 Å². The maximum Gasteiger partial charge on any atom is 0.319 e. The lowest BCUT2D eigenvalue weighted by molar-refractivity contribution is 0.0816. The molecule has 0 fully saturated rings. The van der Waals surface area contributed by atoms with Gasteiger partial charge in [-0.2, -0.15) is 0 Å². The maximum atomic E-state index is 12.2. The van der Waals surface area contributed by atoms with Crippen LogP contribution < -0.4 is 15.4 Å². The van der Waals surface area contributed by atoms with Crippen LogP contribution >= 0.6 is 11.3 Å². The average Bonchev–Trinajstić information content (AvgIpc) is 2.91. The van der Waals surface area contributed by atoms with Gasteiger partial charge in [-0.05, 0) is 25.5 Å². The van der Waals surface area contributed by atoms with Crippen LogP contribution in [0.4, 0.5) is 19.3 Å². The number of aromatic nitrogens is 1. The number of carbonyl (C=O) groups is 1. The Morgan fingerprint density at radius 1 is 1.39 bits per heavy atom. The number of hydrogen-bond acceptors (Lipinski definition) is 4. The van der Waals surface area contributed by atoms with Crippen LogP contribution in [0.2, 0.25) is 0 Å². The van der Waals surface area contributed by atoms with E-state index in [4.69, 9.17) is 4.74 Å². The number of alkyl halides is 2. The fourth-order valence-electron chi connectivity index (χ4n) is 1.82. The summed E-state index contributed by atoms with van der Waals surface area (Å²) in [5, 5.41) is 8.12. The number of aryl methyl sites for hydroxylation is 2. The number of ether oxygens (including phenoxy) is 1. The van der Waals surface area contributed by atoms with E-state index >= 15 is 0 Å². The molecule has 1 aromatic heterocycles. The smallest absolute Gasteiger partial charge is 0.319 e. The molecule has 124 valence electrons. The summed E-state index contributed by atoms with van der Waals surface area (Å²) < 4.78 is 29.5. The van der Waals surface area contributed by atoms with Crippen LogP contribution in [0, 0.1) is 13.8 Å². The highest BCUT2D eigenvalue weighted by Crippen LogP contribution is 2.23. The summed E-state index contributed by atoms with van der Waals surface area (Å²) in [5.74, 6) is 0.318. The van der Waals surface area contributed by atoms with Crippen LogP contribution in [-0.2, 0) is 6.54 Å². The first-order valence-corrected chi connectivity index (χ1v) is 7.79. The molecule has 2 N–H and O–H groups in total. The number of carbonyl (C=O) groups excluding carboxylic acids is 1. The lowest BCUT2D eigenvalue weighted by atomic mass is 10.2. The number of thiazole rings is 1. The van der Waals surface area contributed by atoms with E-state index in [1.807, 2.05) is 12.3 Å². The van der Waals surface area contributed by atoms with Gasteiger partial charge in [0.15, 0.2) is 0 Å². The summed E-state index contributed by atoms with van der Waals surface area (Å²) in [4.78, 5) is 16.1. The van der Waals surface area contributed by atoms with Crippen molar-refractivity contribution in [2.75, 3.05) is 11.9 Å². The molecule has 1 heterocycles. The molecular formula is C15H17F2N3O2S. The Labute approximate surface area is 136 Å². The average molecular weight is 341 g/mol. The lowest BCUT2D eigenvalue weighted by Crippen LogP contribution is -2.28. The maximum absolute atomic E-state index is 12.2. The van der Waals surface area contributed by atoms with Crippen LogP contribution in [-0.4, -0.2) is 24.0 Å². The fraction of sp³-hybridized carbons (Fsp3) is 0.333. The molecule has 0 spiro atoms. The van der Waals surface area contributed by atoms with Gasteiger partial charge in [-0.25, -0.2) is 18.6 Å². The summed E-state index contributed by atoms with van der Waals surface area (Å²) in [5.41, 5.74) is 1.97. The molecule has 2 aromatic rings. The van der Waals surface area contributed by atoms with Gasteiger partial charge in [0, 0.05) is 17.1 Å². The molecule has 2 amide bonds. The topological polar surface area (TPSA) is 63.2 Å². The van der Waals surface area contributed by atoms with E-state index in [0.29, 0.717) is 18.0 Å². The zero-order valence-corrected chi connectivity index (χ0v) is 13.5. The molecule has 0 aliphatic rings. The van der Waals surface area contributed by atoms with Crippen LogP contribution in [0.15, 0.2) is 23.6 Å². The second-order valence-electron chi connectivity index (χ2n) is 4.85. The summed E-state index contributed by atoms with van der Waals surface area (Å²) in [7, 11) is 0. The van der Waals surface area contributed by atoms with E-state index in [1.54, 1.807) is 19.1 Å². The van der Waals surface area contributed by atoms with E-state index in [9.17, 15) is 13.6 Å². The van der Waals surface area contributed by atoms with E-state index in [1.165, 1.54) is 17.4 Å². The van der Waals surface area contributed by atoms with Crippen molar-refractivity contribution in [1.29, 1.82) is 0 Å². The van der Waals surface area contributed by atoms with Gasteiger partial charge in [0.1, 0.15) is 12.4 Å². The number of rotatable bonds is 6. The molecule has 0 unspecified atom stereocenters. The van der Waals surface area contributed by atoms with Gasteiger partial charge in [-0.15, -0.1) is 11.3 Å². The molecule has 0 atom stereocenters. The number of urea groups is 1. The van der Waals surface area contributed by atoms with Crippen molar-refractivity contribution in [2.24, 2.45) is 0 Å². The number of halogens is 2. The first-order valence-electron chi connectivity index (χ1n) is 6.91. The molecular weight excluding hydrogens is 324 g/mol. The minimum absolute atomic E-state index is 0.316. The number of hydrogen-bond donors (Lipinski definition) is 2. The Morgan fingerprint density at radius 2 is 2.17 bits per heavy atom. The van der Waals surface area contributed by atoms with Crippen LogP contribution in [0.25, 0.3) is 0 Å². The van der Waals surface area contributed by atoms with Gasteiger partial charge in [0.25, 0.3) is 6.43 Å². The molecule has 5 nitrogen and oxygen atoms in total. The van der Waals surface area contributed by atoms with Crippen LogP contribution in [0.1, 0.15) is 16.3 Å². The number of anilines is 1. The number of amides is 2. The number of nitrogens with zero attached hydrogens (tertiary/aromatic N) is 1. The second kappa shape index (κ2) is 7.87. The van der Waals surface area contributed by atoms with Gasteiger partial charge in [0.05, 0.1) is 17.2 Å². The second-order valence-corrected chi connectivity index (χ2v) is 5.91. The van der Waals surface area contributed by atoms with Crippen LogP contribution in [0.5, 0.6) is 5.75 Å². The minimum atomic E-state index is -2.55. The SMILES string of the molecule is Cc1nc(CNC(=O)Nc2ccc(C)c(OCC(F)F)c2)cs1. The largest absolute Gasteiger partial charge is 0.487 e. The Balaban J connectivity index is 1.91. The molecule has 2 rings (SSSR count). The Kier molecular flexibility index (Phi) is 5.86. The Morgan fingerprint density at radius 3 is 2.83 bits per heavy atom. The molecule has 1 aromatic carbocycles. The predicted octanol–water partition coefficient (Wildman–Crippen LogP) is 3.73. The third-order valence-electron chi connectivity index (χ3n) is 2.91. The molecule has 0 aliphatic carbocycles. The van der Waals surface area contributed by atoms with Crippen molar-refractivity contribution in [1.82, 2.24) is 10.3 Å². The molecule has 0 bridgehead atoms. The zero-order valence-electron chi connectivity index (χ0n) is 12.7. The summed E-state index contributed by atoms with van der Waals surface area (Å²) in [6.45, 7) is 3.27. The van der Waals surface area contributed by atoms with E-state index < -0.39 is 19.1 Å². The predicted molar refractivity (Wildman–Crippen MR) is 85.4 cm³/mol.